The largest absolute Gasteiger partial charge is 0.381 e. The molecule has 1 aliphatic rings. The molecule has 1 atom stereocenters. The number of H-pyrrole nitrogens is 1. The summed E-state index contributed by atoms with van der Waals surface area (Å²) in [4.78, 5) is 18.5. The Labute approximate surface area is 89.8 Å². The zero-order valence-corrected chi connectivity index (χ0v) is 9.21. The molecular formula is C9H11BrN2O2. The van der Waals surface area contributed by atoms with E-state index >= 15 is 0 Å². The van der Waals surface area contributed by atoms with Crippen molar-refractivity contribution in [2.24, 2.45) is 0 Å². The van der Waals surface area contributed by atoms with Gasteiger partial charge in [-0.2, -0.15) is 0 Å². The molecule has 14 heavy (non-hydrogen) atoms. The number of rotatable bonds is 2. The van der Waals surface area contributed by atoms with Crippen LogP contribution in [-0.2, 0) is 10.1 Å². The molecule has 2 heterocycles. The van der Waals surface area contributed by atoms with Gasteiger partial charge in [0.2, 0.25) is 0 Å². The Balaban J connectivity index is 2.27. The molecule has 0 saturated carbocycles. The summed E-state index contributed by atoms with van der Waals surface area (Å²) >= 11 is 3.23. The lowest BCUT2D eigenvalue weighted by Gasteiger charge is -2.06. The highest BCUT2D eigenvalue weighted by Gasteiger charge is 2.20. The van der Waals surface area contributed by atoms with Crippen molar-refractivity contribution in [3.63, 3.8) is 0 Å². The molecule has 5 heteroatoms. The highest BCUT2D eigenvalue weighted by Crippen LogP contribution is 2.20. The predicted octanol–water partition coefficient (Wildman–Crippen LogP) is 1.17. The van der Waals surface area contributed by atoms with E-state index in [-0.39, 0.29) is 11.5 Å². The third-order valence-electron chi connectivity index (χ3n) is 2.35. The second kappa shape index (κ2) is 4.23. The fraction of sp³-hybridized carbons (Fsp3) is 0.556. The van der Waals surface area contributed by atoms with Crippen LogP contribution in [0.2, 0.25) is 0 Å². The first kappa shape index (κ1) is 9.86. The summed E-state index contributed by atoms with van der Waals surface area (Å²) in [5.74, 6) is 1.00. The van der Waals surface area contributed by atoms with Gasteiger partial charge in [-0.3, -0.25) is 4.79 Å². The second-order valence-corrected chi connectivity index (χ2v) is 3.88. The third-order valence-corrected chi connectivity index (χ3v) is 2.96. The number of halogens is 1. The first-order valence-corrected chi connectivity index (χ1v) is 5.65. The number of hydrogen-bond donors (Lipinski definition) is 1. The van der Waals surface area contributed by atoms with E-state index in [1.54, 1.807) is 6.20 Å². The van der Waals surface area contributed by atoms with E-state index in [2.05, 4.69) is 25.9 Å². The molecule has 1 aromatic rings. The molecule has 1 aliphatic heterocycles. The van der Waals surface area contributed by atoms with Gasteiger partial charge in [-0.05, 0) is 6.42 Å². The molecule has 0 aliphatic carbocycles. The number of nitrogens with zero attached hydrogens (tertiary/aromatic N) is 1. The fourth-order valence-corrected chi connectivity index (χ4v) is 1.89. The third kappa shape index (κ3) is 1.88. The van der Waals surface area contributed by atoms with E-state index < -0.39 is 0 Å². The Hall–Kier alpha value is -0.680. The molecule has 0 spiro atoms. The molecule has 76 valence electrons. The van der Waals surface area contributed by atoms with E-state index in [4.69, 9.17) is 4.74 Å². The Morgan fingerprint density at radius 1 is 1.71 bits per heavy atom. The molecule has 1 aromatic heterocycles. The number of alkyl halides is 1. The van der Waals surface area contributed by atoms with Crippen LogP contribution in [0, 0.1) is 0 Å². The Kier molecular flexibility index (Phi) is 2.98. The zero-order valence-electron chi connectivity index (χ0n) is 7.62. The number of hydrogen-bond acceptors (Lipinski definition) is 3. The minimum Gasteiger partial charge on any atom is -0.381 e. The molecule has 1 fully saturated rings. The van der Waals surface area contributed by atoms with E-state index in [0.717, 1.165) is 18.9 Å². The van der Waals surface area contributed by atoms with Crippen molar-refractivity contribution in [2.45, 2.75) is 17.7 Å². The maximum Gasteiger partial charge on any atom is 0.254 e. The molecule has 4 nitrogen and oxygen atoms in total. The van der Waals surface area contributed by atoms with E-state index in [1.165, 1.54) is 0 Å². The van der Waals surface area contributed by atoms with Crippen LogP contribution < -0.4 is 5.56 Å². The lowest BCUT2D eigenvalue weighted by Crippen LogP contribution is -2.17. The second-order valence-electron chi connectivity index (χ2n) is 3.32. The van der Waals surface area contributed by atoms with Crippen LogP contribution in [0.25, 0.3) is 0 Å². The summed E-state index contributed by atoms with van der Waals surface area (Å²) in [6, 6.07) is 0. The SMILES string of the molecule is O=c1[nH]c(C2CCOC2)ncc1CBr. The van der Waals surface area contributed by atoms with Crippen LogP contribution >= 0.6 is 15.9 Å². The van der Waals surface area contributed by atoms with E-state index in [0.29, 0.717) is 17.5 Å². The van der Waals surface area contributed by atoms with Crippen molar-refractivity contribution >= 4 is 15.9 Å². The summed E-state index contributed by atoms with van der Waals surface area (Å²) in [5, 5.41) is 0.538. The van der Waals surface area contributed by atoms with Gasteiger partial charge < -0.3 is 9.72 Å². The molecular weight excluding hydrogens is 248 g/mol. The summed E-state index contributed by atoms with van der Waals surface area (Å²) in [7, 11) is 0. The summed E-state index contributed by atoms with van der Waals surface area (Å²) in [5.41, 5.74) is 0.603. The van der Waals surface area contributed by atoms with Crippen LogP contribution in [-0.4, -0.2) is 23.2 Å². The van der Waals surface area contributed by atoms with Crippen molar-refractivity contribution in [3.05, 3.63) is 27.9 Å². The number of aromatic amines is 1. The Morgan fingerprint density at radius 2 is 2.57 bits per heavy atom. The van der Waals surface area contributed by atoms with Crippen molar-refractivity contribution in [1.82, 2.24) is 9.97 Å². The average molecular weight is 259 g/mol. The smallest absolute Gasteiger partial charge is 0.254 e. The van der Waals surface area contributed by atoms with Crippen LogP contribution in [0.4, 0.5) is 0 Å². The molecule has 0 aromatic carbocycles. The van der Waals surface area contributed by atoms with E-state index in [9.17, 15) is 4.79 Å². The first-order valence-electron chi connectivity index (χ1n) is 4.53. The van der Waals surface area contributed by atoms with Crippen LogP contribution in [0.3, 0.4) is 0 Å². The number of ether oxygens (including phenoxy) is 1. The van der Waals surface area contributed by atoms with E-state index in [1.807, 2.05) is 0 Å². The first-order chi connectivity index (χ1) is 6.81. The summed E-state index contributed by atoms with van der Waals surface area (Å²) in [6.07, 6.45) is 2.57. The molecule has 2 rings (SSSR count). The van der Waals surface area contributed by atoms with Gasteiger partial charge in [0.05, 0.1) is 6.61 Å². The van der Waals surface area contributed by atoms with Crippen molar-refractivity contribution in [1.29, 1.82) is 0 Å². The molecule has 0 amide bonds. The van der Waals surface area contributed by atoms with Gasteiger partial charge in [-0.25, -0.2) is 4.98 Å². The van der Waals surface area contributed by atoms with Gasteiger partial charge in [-0.15, -0.1) is 0 Å². The highest BCUT2D eigenvalue weighted by atomic mass is 79.9. The molecule has 1 saturated heterocycles. The van der Waals surface area contributed by atoms with Crippen molar-refractivity contribution in [3.8, 4) is 0 Å². The highest BCUT2D eigenvalue weighted by molar-refractivity contribution is 9.08. The minimum atomic E-state index is -0.0567. The molecule has 0 radical (unpaired) electrons. The Bertz CT molecular complexity index is 371. The van der Waals surface area contributed by atoms with Crippen molar-refractivity contribution in [2.75, 3.05) is 13.2 Å². The summed E-state index contributed by atoms with van der Waals surface area (Å²) in [6.45, 7) is 1.42. The van der Waals surface area contributed by atoms with Crippen molar-refractivity contribution < 1.29 is 4.74 Å². The quantitative estimate of drug-likeness (QED) is 0.811. The van der Waals surface area contributed by atoms with Crippen LogP contribution in [0.5, 0.6) is 0 Å². The monoisotopic (exact) mass is 258 g/mol. The van der Waals surface area contributed by atoms with Gasteiger partial charge >= 0.3 is 0 Å². The van der Waals surface area contributed by atoms with Crippen LogP contribution in [0.1, 0.15) is 23.7 Å². The molecule has 0 bridgehead atoms. The topological polar surface area (TPSA) is 55.0 Å². The summed E-state index contributed by atoms with van der Waals surface area (Å²) < 4.78 is 5.24. The van der Waals surface area contributed by atoms with Gasteiger partial charge in [0.15, 0.2) is 0 Å². The Morgan fingerprint density at radius 3 is 3.14 bits per heavy atom. The maximum absolute atomic E-state index is 11.5. The normalized spacial score (nSPS) is 21.4. The average Bonchev–Trinajstić information content (AvgIpc) is 2.70. The van der Waals surface area contributed by atoms with Gasteiger partial charge in [0.25, 0.3) is 5.56 Å². The fourth-order valence-electron chi connectivity index (χ4n) is 1.49. The zero-order chi connectivity index (χ0) is 9.97. The number of nitrogens with one attached hydrogen (secondary N) is 1. The standard InChI is InChI=1S/C9H11BrN2O2/c10-3-7-4-11-8(12-9(7)13)6-1-2-14-5-6/h4,6H,1-3,5H2,(H,11,12,13). The van der Waals surface area contributed by atoms with Gasteiger partial charge in [0, 0.05) is 29.6 Å². The van der Waals surface area contributed by atoms with Gasteiger partial charge in [0.1, 0.15) is 5.82 Å². The number of aromatic nitrogens is 2. The molecule has 1 unspecified atom stereocenters. The lowest BCUT2D eigenvalue weighted by atomic mass is 10.1. The minimum absolute atomic E-state index is 0.0567. The van der Waals surface area contributed by atoms with Gasteiger partial charge in [-0.1, -0.05) is 15.9 Å². The predicted molar refractivity (Wildman–Crippen MR) is 55.7 cm³/mol. The lowest BCUT2D eigenvalue weighted by molar-refractivity contribution is 0.193. The maximum atomic E-state index is 11.5. The van der Waals surface area contributed by atoms with Crippen LogP contribution in [0.15, 0.2) is 11.0 Å². The molecule has 1 N–H and O–H groups in total.